The Hall–Kier alpha value is -4.26. The summed E-state index contributed by atoms with van der Waals surface area (Å²) in [5.41, 5.74) is 1.62. The van der Waals surface area contributed by atoms with E-state index in [1.165, 1.54) is 24.8 Å². The van der Waals surface area contributed by atoms with Gasteiger partial charge in [-0.25, -0.2) is 0 Å². The molecule has 6 rings (SSSR count). The van der Waals surface area contributed by atoms with Crippen LogP contribution in [0.5, 0.6) is 5.75 Å². The van der Waals surface area contributed by atoms with Crippen LogP contribution >= 0.6 is 11.8 Å². The van der Waals surface area contributed by atoms with Crippen molar-refractivity contribution >= 4 is 51.5 Å². The summed E-state index contributed by atoms with van der Waals surface area (Å²) in [5, 5.41) is 4.54. The largest absolute Gasteiger partial charge is 0.492 e. The van der Waals surface area contributed by atoms with Crippen molar-refractivity contribution in [2.45, 2.75) is 36.2 Å². The molecule has 1 unspecified atom stereocenters. The van der Waals surface area contributed by atoms with Gasteiger partial charge in [0, 0.05) is 72.4 Å². The van der Waals surface area contributed by atoms with Gasteiger partial charge in [0.15, 0.2) is 0 Å². The normalized spacial score (nSPS) is 15.7. The van der Waals surface area contributed by atoms with E-state index >= 15 is 0 Å². The number of alkyl halides is 3. The van der Waals surface area contributed by atoms with Crippen LogP contribution in [-0.4, -0.2) is 80.7 Å². The fourth-order valence-electron chi connectivity index (χ4n) is 6.34. The van der Waals surface area contributed by atoms with Gasteiger partial charge in [0.05, 0.1) is 22.9 Å². The molecule has 8 nitrogen and oxygen atoms in total. The van der Waals surface area contributed by atoms with Crippen molar-refractivity contribution in [3.63, 3.8) is 0 Å². The van der Waals surface area contributed by atoms with E-state index in [2.05, 4.69) is 15.1 Å². The quantitative estimate of drug-likeness (QED) is 0.151. The molecule has 0 saturated carbocycles. The molecule has 0 aliphatic carbocycles. The van der Waals surface area contributed by atoms with E-state index < -0.39 is 17.7 Å². The Bertz CT molecular complexity index is 1830. The third-order valence-corrected chi connectivity index (χ3v) is 10.1. The minimum absolute atomic E-state index is 0.153. The third kappa shape index (κ3) is 8.54. The number of nitrogens with zero attached hydrogens (tertiary/aromatic N) is 3. The molecule has 4 aromatic rings. The second-order valence-corrected chi connectivity index (χ2v) is 13.7. The number of rotatable bonds is 12. The Morgan fingerprint density at radius 1 is 0.840 bits per heavy atom. The van der Waals surface area contributed by atoms with Gasteiger partial charge >= 0.3 is 12.1 Å². The minimum atomic E-state index is -4.40. The van der Waals surface area contributed by atoms with Crippen LogP contribution in [0.2, 0.25) is 0 Å². The number of esters is 1. The molecule has 0 radical (unpaired) electrons. The molecule has 1 atom stereocenters. The van der Waals surface area contributed by atoms with Gasteiger partial charge in [0.25, 0.3) is 0 Å². The number of nitrogens with one attached hydrogen (secondary N) is 1. The lowest BCUT2D eigenvalue weighted by Crippen LogP contribution is -2.47. The van der Waals surface area contributed by atoms with E-state index in [1.54, 1.807) is 13.0 Å². The van der Waals surface area contributed by atoms with Crippen molar-refractivity contribution in [3.05, 3.63) is 84.4 Å². The molecular weight excluding hydrogens is 666 g/mol. The summed E-state index contributed by atoms with van der Waals surface area (Å²) < 4.78 is 52.3. The number of amides is 1. The number of anilines is 3. The van der Waals surface area contributed by atoms with Crippen LogP contribution in [0.25, 0.3) is 10.8 Å². The zero-order chi connectivity index (χ0) is 35.3. The molecule has 4 aromatic carbocycles. The number of benzene rings is 4. The smallest absolute Gasteiger partial charge is 0.416 e. The first-order valence-electron chi connectivity index (χ1n) is 16.9. The maximum Gasteiger partial charge on any atom is 0.416 e. The van der Waals surface area contributed by atoms with Crippen molar-refractivity contribution in [2.75, 3.05) is 69.2 Å². The molecule has 264 valence electrons. The van der Waals surface area contributed by atoms with Crippen LogP contribution in [0.15, 0.2) is 88.7 Å². The van der Waals surface area contributed by atoms with Gasteiger partial charge < -0.3 is 24.6 Å². The fourth-order valence-corrected chi connectivity index (χ4v) is 7.42. The highest BCUT2D eigenvalue weighted by Crippen LogP contribution is 2.49. The Morgan fingerprint density at radius 3 is 2.30 bits per heavy atom. The second-order valence-electron chi connectivity index (χ2n) is 12.7. The number of hydrogen-bond donors (Lipinski definition) is 1. The summed E-state index contributed by atoms with van der Waals surface area (Å²) >= 11 is 1.51. The van der Waals surface area contributed by atoms with Crippen molar-refractivity contribution in [1.82, 2.24) is 9.80 Å². The highest BCUT2D eigenvalue weighted by Gasteiger charge is 2.33. The zero-order valence-electron chi connectivity index (χ0n) is 28.2. The van der Waals surface area contributed by atoms with Crippen LogP contribution < -0.4 is 15.0 Å². The van der Waals surface area contributed by atoms with Crippen molar-refractivity contribution in [2.24, 2.45) is 5.92 Å². The summed E-state index contributed by atoms with van der Waals surface area (Å²) in [6.07, 6.45) is -3.59. The van der Waals surface area contributed by atoms with Gasteiger partial charge in [0.1, 0.15) is 19.0 Å². The number of carbonyl (C=O) groups is 2. The average Bonchev–Trinajstić information content (AvgIpc) is 3.10. The van der Waals surface area contributed by atoms with Crippen LogP contribution in [0.4, 0.5) is 30.2 Å². The number of fused-ring (bicyclic) bond motifs is 3. The van der Waals surface area contributed by atoms with E-state index in [9.17, 15) is 22.8 Å². The molecule has 1 fully saturated rings. The van der Waals surface area contributed by atoms with Crippen LogP contribution in [0.3, 0.4) is 0 Å². The predicted molar refractivity (Wildman–Crippen MR) is 190 cm³/mol. The minimum Gasteiger partial charge on any atom is -0.492 e. The topological polar surface area (TPSA) is 74.3 Å². The molecule has 0 spiro atoms. The highest BCUT2D eigenvalue weighted by molar-refractivity contribution is 7.99. The van der Waals surface area contributed by atoms with Gasteiger partial charge in [-0.05, 0) is 62.4 Å². The van der Waals surface area contributed by atoms with Gasteiger partial charge in [-0.3, -0.25) is 14.5 Å². The molecule has 0 bridgehead atoms. The lowest BCUT2D eigenvalue weighted by Gasteiger charge is -2.36. The van der Waals surface area contributed by atoms with Crippen molar-refractivity contribution < 1.29 is 32.2 Å². The Morgan fingerprint density at radius 2 is 1.54 bits per heavy atom. The van der Waals surface area contributed by atoms with Gasteiger partial charge in [-0.15, -0.1) is 0 Å². The van der Waals surface area contributed by atoms with Gasteiger partial charge in [0.2, 0.25) is 5.91 Å². The van der Waals surface area contributed by atoms with Gasteiger partial charge in [-0.2, -0.15) is 13.2 Å². The van der Waals surface area contributed by atoms with Crippen molar-refractivity contribution in [3.8, 4) is 5.75 Å². The number of ether oxygens (including phenoxy) is 2. The average molecular weight is 707 g/mol. The van der Waals surface area contributed by atoms with Gasteiger partial charge in [-0.1, -0.05) is 48.2 Å². The summed E-state index contributed by atoms with van der Waals surface area (Å²) in [6.45, 7) is 9.23. The molecule has 1 saturated heterocycles. The molecule has 2 heterocycles. The molecule has 2 aliphatic heterocycles. The third-order valence-electron chi connectivity index (χ3n) is 9.01. The number of halogens is 3. The summed E-state index contributed by atoms with van der Waals surface area (Å²) in [6, 6.07) is 23.1. The van der Waals surface area contributed by atoms with E-state index in [-0.39, 0.29) is 18.5 Å². The number of hydrogen-bond acceptors (Lipinski definition) is 8. The van der Waals surface area contributed by atoms with E-state index in [1.807, 2.05) is 65.6 Å². The first kappa shape index (κ1) is 35.6. The molecule has 12 heteroatoms. The number of piperazine rings is 1. The summed E-state index contributed by atoms with van der Waals surface area (Å²) in [7, 11) is 0. The zero-order valence-corrected chi connectivity index (χ0v) is 29.0. The van der Waals surface area contributed by atoms with E-state index in [0.29, 0.717) is 36.8 Å². The molecule has 1 amide bonds. The van der Waals surface area contributed by atoms with E-state index in [4.69, 9.17) is 9.47 Å². The molecule has 1 N–H and O–H groups in total. The lowest BCUT2D eigenvalue weighted by atomic mass is 10.1. The van der Waals surface area contributed by atoms with Crippen LogP contribution in [-0.2, 0) is 20.5 Å². The predicted octanol–water partition coefficient (Wildman–Crippen LogP) is 7.69. The Balaban J connectivity index is 0.927. The van der Waals surface area contributed by atoms with Crippen LogP contribution in [0.1, 0.15) is 25.8 Å². The summed E-state index contributed by atoms with van der Waals surface area (Å²) in [4.78, 5) is 32.9. The maximum absolute atomic E-state index is 13.6. The molecule has 50 heavy (non-hydrogen) atoms. The number of para-hydroxylation sites is 1. The Kier molecular flexibility index (Phi) is 11.2. The summed E-state index contributed by atoms with van der Waals surface area (Å²) in [5.74, 6) is -0.297. The van der Waals surface area contributed by atoms with Crippen LogP contribution in [0, 0.1) is 5.92 Å². The van der Waals surface area contributed by atoms with E-state index in [0.717, 1.165) is 71.5 Å². The molecule has 2 aliphatic rings. The Labute approximate surface area is 294 Å². The molecule has 0 aromatic heterocycles. The standard InChI is InChI=1S/C38H41F3N4O4S/c1-26(25-49-34-12-6-8-29-30(34)9-5-10-31(29)42-27(2)46)37(47)48-23-22-44-20-18-43(19-21-44)16-7-17-45-32-11-3-4-13-35(32)50-36-15-14-28(24-33(36)45)38(39,40)41/h3-6,8-15,24,26H,7,16-23,25H2,1-2H3,(H,42,46). The fraction of sp³-hybridized carbons (Fsp3) is 0.368. The first-order valence-corrected chi connectivity index (χ1v) is 17.7. The SMILES string of the molecule is CC(=O)Nc1cccc2c(OCC(C)C(=O)OCCN3CCN(CCCN4c5ccccc5Sc5ccc(C(F)(F)F)cc54)CC3)cccc12. The van der Waals surface area contributed by atoms with Crippen molar-refractivity contribution in [1.29, 1.82) is 0 Å². The monoisotopic (exact) mass is 706 g/mol. The second kappa shape index (κ2) is 15.7. The lowest BCUT2D eigenvalue weighted by molar-refractivity contribution is -0.149. The number of carbonyl (C=O) groups excluding carboxylic acids is 2. The first-order chi connectivity index (χ1) is 24.1. The maximum atomic E-state index is 13.6. The molecular formula is C38H41F3N4O4S. The highest BCUT2D eigenvalue weighted by atomic mass is 32.2.